The lowest BCUT2D eigenvalue weighted by Gasteiger charge is -2.04. The number of rotatable bonds is 0. The minimum Gasteiger partial charge on any atom is -0.334 e. The maximum Gasteiger partial charge on any atom is 0.354 e. The Morgan fingerprint density at radius 3 is 1.78 bits per heavy atom. The van der Waals surface area contributed by atoms with Crippen molar-refractivity contribution in [1.82, 2.24) is 4.90 Å². The second kappa shape index (κ2) is 2.53. The molecule has 4 nitrogen and oxygen atoms in total. The molecule has 0 aliphatic carbocycles. The molecule has 0 aromatic rings. The molecule has 54 valence electrons. The van der Waals surface area contributed by atoms with E-state index in [0.717, 1.165) is 4.90 Å². The van der Waals surface area contributed by atoms with Crippen LogP contribution in [0.4, 0.5) is 4.79 Å². The van der Waals surface area contributed by atoms with E-state index < -0.39 is 14.3 Å². The molecule has 0 saturated carbocycles. The number of amides is 1. The highest BCUT2D eigenvalue weighted by molar-refractivity contribution is 8.25. The van der Waals surface area contributed by atoms with Crippen molar-refractivity contribution < 1.29 is 13.2 Å². The first-order chi connectivity index (χ1) is 3.85. The van der Waals surface area contributed by atoms with Crippen molar-refractivity contribution >= 4 is 25.0 Å². The third-order valence-corrected chi connectivity index (χ3v) is 1.75. The van der Waals surface area contributed by atoms with E-state index in [1.54, 1.807) is 0 Å². The van der Waals surface area contributed by atoms with E-state index in [0.29, 0.717) is 0 Å². The van der Waals surface area contributed by atoms with Crippen LogP contribution in [0.5, 0.6) is 0 Å². The van der Waals surface area contributed by atoms with Gasteiger partial charge in [-0.25, -0.2) is 8.42 Å². The highest BCUT2D eigenvalue weighted by atomic mass is 35.7. The molecule has 0 aliphatic heterocycles. The van der Waals surface area contributed by atoms with Gasteiger partial charge in [0.05, 0.1) is 0 Å². The second-order valence-corrected chi connectivity index (χ2v) is 4.04. The topological polar surface area (TPSA) is 54.5 Å². The first-order valence-corrected chi connectivity index (χ1v) is 4.32. The van der Waals surface area contributed by atoms with Crippen LogP contribution in [0, 0.1) is 0 Å². The average Bonchev–Trinajstić information content (AvgIpc) is 1.62. The van der Waals surface area contributed by atoms with E-state index in [2.05, 4.69) is 10.7 Å². The van der Waals surface area contributed by atoms with Crippen LogP contribution in [0.15, 0.2) is 0 Å². The Bertz CT molecular complexity index is 207. The maximum absolute atomic E-state index is 10.4. The Balaban J connectivity index is 4.45. The molecule has 0 N–H and O–H groups in total. The summed E-state index contributed by atoms with van der Waals surface area (Å²) in [7, 11) is 3.23. The minimum atomic E-state index is -4.04. The van der Waals surface area contributed by atoms with E-state index in [1.165, 1.54) is 14.1 Å². The number of carbonyl (C=O) groups is 1. The Hall–Kier alpha value is -0.290. The average molecular weight is 172 g/mol. The molecular weight excluding hydrogens is 166 g/mol. The Labute approximate surface area is 57.8 Å². The van der Waals surface area contributed by atoms with E-state index in [-0.39, 0.29) is 0 Å². The van der Waals surface area contributed by atoms with Gasteiger partial charge in [-0.3, -0.25) is 4.79 Å². The van der Waals surface area contributed by atoms with Crippen molar-refractivity contribution in [3.05, 3.63) is 0 Å². The molecular formula is C3H6ClNO3S. The van der Waals surface area contributed by atoms with Crippen molar-refractivity contribution in [3.8, 4) is 0 Å². The molecule has 0 bridgehead atoms. The summed E-state index contributed by atoms with van der Waals surface area (Å²) >= 11 is 0. The van der Waals surface area contributed by atoms with Gasteiger partial charge in [0.25, 0.3) is 0 Å². The lowest BCUT2D eigenvalue weighted by Crippen LogP contribution is -2.24. The molecule has 0 rings (SSSR count). The first-order valence-electron chi connectivity index (χ1n) is 2.01. The van der Waals surface area contributed by atoms with Crippen molar-refractivity contribution in [2.75, 3.05) is 14.1 Å². The molecule has 0 aromatic heterocycles. The van der Waals surface area contributed by atoms with Crippen molar-refractivity contribution in [2.45, 2.75) is 0 Å². The van der Waals surface area contributed by atoms with Gasteiger partial charge in [-0.15, -0.1) is 0 Å². The summed E-state index contributed by atoms with van der Waals surface area (Å²) in [5.41, 5.74) is 0. The molecule has 1 amide bonds. The summed E-state index contributed by atoms with van der Waals surface area (Å²) in [6, 6.07) is 0. The monoisotopic (exact) mass is 171 g/mol. The molecule has 0 aromatic carbocycles. The van der Waals surface area contributed by atoms with Crippen LogP contribution < -0.4 is 0 Å². The summed E-state index contributed by atoms with van der Waals surface area (Å²) in [5.74, 6) is 0. The minimum absolute atomic E-state index is 0.891. The van der Waals surface area contributed by atoms with Gasteiger partial charge >= 0.3 is 14.3 Å². The van der Waals surface area contributed by atoms with Gasteiger partial charge in [-0.2, -0.15) is 0 Å². The predicted molar refractivity (Wildman–Crippen MR) is 33.9 cm³/mol. The molecule has 6 heteroatoms. The van der Waals surface area contributed by atoms with Gasteiger partial charge in [0.15, 0.2) is 0 Å². The van der Waals surface area contributed by atoms with Crippen LogP contribution in [-0.2, 0) is 9.05 Å². The third kappa shape index (κ3) is 2.67. The van der Waals surface area contributed by atoms with Crippen molar-refractivity contribution in [1.29, 1.82) is 0 Å². The van der Waals surface area contributed by atoms with Crippen LogP contribution in [0.1, 0.15) is 0 Å². The highest BCUT2D eigenvalue weighted by Gasteiger charge is 2.19. The summed E-state index contributed by atoms with van der Waals surface area (Å²) in [6.45, 7) is 0. The number of nitrogens with zero attached hydrogens (tertiary/aromatic N) is 1. The fraction of sp³-hybridized carbons (Fsp3) is 0.667. The predicted octanol–water partition coefficient (Wildman–Crippen LogP) is 0.237. The molecule has 0 atom stereocenters. The Kier molecular flexibility index (Phi) is 2.45. The quantitative estimate of drug-likeness (QED) is 0.491. The van der Waals surface area contributed by atoms with Crippen LogP contribution in [0.3, 0.4) is 0 Å². The number of carbonyl (C=O) groups excluding carboxylic acids is 1. The smallest absolute Gasteiger partial charge is 0.334 e. The van der Waals surface area contributed by atoms with Crippen LogP contribution in [-0.4, -0.2) is 32.7 Å². The molecule has 0 unspecified atom stereocenters. The first kappa shape index (κ1) is 8.71. The fourth-order valence-corrected chi connectivity index (χ4v) is 1.07. The van der Waals surface area contributed by atoms with Crippen LogP contribution in [0.25, 0.3) is 0 Å². The van der Waals surface area contributed by atoms with Gasteiger partial charge in [0.2, 0.25) is 0 Å². The fourth-order valence-electron chi connectivity index (χ4n) is 0.218. The molecule has 0 aliphatic rings. The third-order valence-electron chi connectivity index (χ3n) is 0.574. The highest BCUT2D eigenvalue weighted by Crippen LogP contribution is 2.00. The summed E-state index contributed by atoms with van der Waals surface area (Å²) in [5, 5.41) is -1.09. The molecule has 0 fully saturated rings. The molecule has 0 spiro atoms. The summed E-state index contributed by atoms with van der Waals surface area (Å²) < 4.78 is 20.3. The second-order valence-electron chi connectivity index (χ2n) is 1.60. The normalized spacial score (nSPS) is 11.0. The Morgan fingerprint density at radius 2 is 1.78 bits per heavy atom. The van der Waals surface area contributed by atoms with E-state index >= 15 is 0 Å². The summed E-state index contributed by atoms with van der Waals surface area (Å²) in [6.07, 6.45) is 0. The zero-order chi connectivity index (χ0) is 7.65. The van der Waals surface area contributed by atoms with Crippen molar-refractivity contribution in [3.63, 3.8) is 0 Å². The van der Waals surface area contributed by atoms with E-state index in [4.69, 9.17) is 0 Å². The number of hydrogen-bond donors (Lipinski definition) is 0. The molecule has 0 heterocycles. The molecule has 0 radical (unpaired) electrons. The Morgan fingerprint density at radius 1 is 1.44 bits per heavy atom. The van der Waals surface area contributed by atoms with E-state index in [1.807, 2.05) is 0 Å². The van der Waals surface area contributed by atoms with Crippen molar-refractivity contribution in [2.24, 2.45) is 0 Å². The maximum atomic E-state index is 10.4. The zero-order valence-electron chi connectivity index (χ0n) is 4.96. The van der Waals surface area contributed by atoms with Crippen LogP contribution >= 0.6 is 10.7 Å². The zero-order valence-corrected chi connectivity index (χ0v) is 6.53. The lowest BCUT2D eigenvalue weighted by atomic mass is 11.0. The van der Waals surface area contributed by atoms with Gasteiger partial charge in [0, 0.05) is 24.8 Å². The van der Waals surface area contributed by atoms with Gasteiger partial charge in [-0.1, -0.05) is 0 Å². The largest absolute Gasteiger partial charge is 0.354 e. The summed E-state index contributed by atoms with van der Waals surface area (Å²) in [4.78, 5) is 11.3. The number of hydrogen-bond acceptors (Lipinski definition) is 3. The SMILES string of the molecule is CN(C)C(=O)S(=O)(=O)Cl. The van der Waals surface area contributed by atoms with E-state index in [9.17, 15) is 13.2 Å². The van der Waals surface area contributed by atoms with Gasteiger partial charge in [-0.05, 0) is 0 Å². The van der Waals surface area contributed by atoms with Gasteiger partial charge in [0.1, 0.15) is 0 Å². The number of halogens is 1. The molecule has 0 saturated heterocycles. The molecule has 9 heavy (non-hydrogen) atoms. The standard InChI is InChI=1S/C3H6ClNO3S/c1-5(2)3(6)9(4,7)8/h1-2H3. The van der Waals surface area contributed by atoms with Crippen LogP contribution in [0.2, 0.25) is 0 Å². The van der Waals surface area contributed by atoms with Gasteiger partial charge < -0.3 is 4.90 Å². The lowest BCUT2D eigenvalue weighted by molar-refractivity contribution is 0.239.